The van der Waals surface area contributed by atoms with E-state index >= 15 is 0 Å². The zero-order valence-electron chi connectivity index (χ0n) is 9.95. The molecule has 1 spiro atoms. The Labute approximate surface area is 106 Å². The molecule has 96 valence electrons. The summed E-state index contributed by atoms with van der Waals surface area (Å²) in [7, 11) is -3.35. The molecule has 0 aromatic rings. The number of hydrogen-bond acceptors (Lipinski definition) is 3. The molecule has 0 N–H and O–H groups in total. The summed E-state index contributed by atoms with van der Waals surface area (Å²) >= 11 is 0. The number of nitrogens with zero attached hydrogens (tertiary/aromatic N) is 1. The molecule has 3 fully saturated rings. The Bertz CT molecular complexity index is 593. The van der Waals surface area contributed by atoms with E-state index in [9.17, 15) is 13.2 Å². The third kappa shape index (κ3) is 0.854. The number of carbonyl (C=O) groups is 1. The molecule has 3 aliphatic carbocycles. The highest BCUT2D eigenvalue weighted by molar-refractivity contribution is 7.90. The van der Waals surface area contributed by atoms with E-state index in [1.165, 1.54) is 4.31 Å². The first kappa shape index (κ1) is 10.9. The highest BCUT2D eigenvalue weighted by atomic mass is 32.2. The second-order valence-electron chi connectivity index (χ2n) is 5.72. The van der Waals surface area contributed by atoms with Crippen LogP contribution in [0.5, 0.6) is 0 Å². The first-order valence-electron chi connectivity index (χ1n) is 6.42. The monoisotopic (exact) mass is 265 g/mol. The molecular formula is C13H15NO3S. The van der Waals surface area contributed by atoms with Crippen molar-refractivity contribution in [2.24, 2.45) is 17.8 Å². The molecule has 5 aliphatic rings. The fraction of sp³-hybridized carbons (Fsp3) is 0.615. The van der Waals surface area contributed by atoms with E-state index in [1.807, 2.05) is 12.2 Å². The van der Waals surface area contributed by atoms with Crippen LogP contribution in [0.25, 0.3) is 0 Å². The number of rotatable bonds is 1. The molecular weight excluding hydrogens is 250 g/mol. The predicted molar refractivity (Wildman–Crippen MR) is 66.2 cm³/mol. The number of sulfonamides is 1. The van der Waals surface area contributed by atoms with E-state index in [0.717, 1.165) is 6.42 Å². The molecule has 5 rings (SSSR count). The van der Waals surface area contributed by atoms with E-state index in [0.29, 0.717) is 13.0 Å². The lowest BCUT2D eigenvalue weighted by atomic mass is 9.58. The molecule has 1 saturated carbocycles. The summed E-state index contributed by atoms with van der Waals surface area (Å²) in [6.07, 6.45) is 7.03. The Balaban J connectivity index is 2.05. The van der Waals surface area contributed by atoms with Crippen molar-refractivity contribution < 1.29 is 13.2 Å². The smallest absolute Gasteiger partial charge is 0.219 e. The van der Waals surface area contributed by atoms with E-state index in [1.54, 1.807) is 6.08 Å². The van der Waals surface area contributed by atoms with Gasteiger partial charge in [0.1, 0.15) is 5.54 Å². The quantitative estimate of drug-likeness (QED) is 0.656. The summed E-state index contributed by atoms with van der Waals surface area (Å²) in [5.74, 6) is -0.579. The van der Waals surface area contributed by atoms with Gasteiger partial charge >= 0.3 is 0 Å². The first-order chi connectivity index (χ1) is 8.55. The van der Waals surface area contributed by atoms with Crippen LogP contribution in [0.3, 0.4) is 0 Å². The molecule has 0 amide bonds. The minimum Gasteiger partial charge on any atom is -0.297 e. The first-order valence-corrected chi connectivity index (χ1v) is 7.92. The molecule has 0 radical (unpaired) electrons. The molecule has 4 bridgehead atoms. The number of hydrogen-bond donors (Lipinski definition) is 0. The van der Waals surface area contributed by atoms with Gasteiger partial charge < -0.3 is 0 Å². The van der Waals surface area contributed by atoms with Crippen molar-refractivity contribution in [3.8, 4) is 0 Å². The molecule has 2 heterocycles. The molecule has 0 aromatic carbocycles. The predicted octanol–water partition coefficient (Wildman–Crippen LogP) is 0.720. The summed E-state index contributed by atoms with van der Waals surface area (Å²) in [5.41, 5.74) is -0.734. The van der Waals surface area contributed by atoms with Crippen LogP contribution in [0.2, 0.25) is 0 Å². The van der Waals surface area contributed by atoms with E-state index in [2.05, 4.69) is 6.58 Å². The third-order valence-electron chi connectivity index (χ3n) is 5.24. The average molecular weight is 265 g/mol. The van der Waals surface area contributed by atoms with Gasteiger partial charge in [0.25, 0.3) is 0 Å². The van der Waals surface area contributed by atoms with E-state index in [4.69, 9.17) is 0 Å². The van der Waals surface area contributed by atoms with Crippen molar-refractivity contribution in [1.82, 2.24) is 4.31 Å². The lowest BCUT2D eigenvalue weighted by Crippen LogP contribution is -2.59. The minimum atomic E-state index is -3.35. The highest BCUT2D eigenvalue weighted by Gasteiger charge is 2.74. The van der Waals surface area contributed by atoms with Gasteiger partial charge in [0, 0.05) is 24.3 Å². The summed E-state index contributed by atoms with van der Waals surface area (Å²) in [6, 6.07) is 0. The van der Waals surface area contributed by atoms with Crippen LogP contribution in [0.4, 0.5) is 0 Å². The average Bonchev–Trinajstić information content (AvgIpc) is 2.85. The topological polar surface area (TPSA) is 54.5 Å². The maximum atomic E-state index is 12.7. The standard InChI is InChI=1S/C13H15NO3S/c1-2-8-9-4-5-10-11(8)18(16,17)14-7-3-6-13(10,14)12(9)15/h2,4-5,8-11H,1,3,6-7H2. The van der Waals surface area contributed by atoms with Crippen molar-refractivity contribution in [1.29, 1.82) is 0 Å². The van der Waals surface area contributed by atoms with Crippen LogP contribution in [0, 0.1) is 17.8 Å². The van der Waals surface area contributed by atoms with Crippen LogP contribution in [-0.4, -0.2) is 35.8 Å². The molecule has 0 aromatic heterocycles. The Hall–Kier alpha value is -0.940. The number of allylic oxidation sites excluding steroid dienone is 2. The van der Waals surface area contributed by atoms with Crippen LogP contribution in [-0.2, 0) is 14.8 Å². The molecule has 18 heavy (non-hydrogen) atoms. The van der Waals surface area contributed by atoms with Gasteiger partial charge in [0.05, 0.1) is 5.25 Å². The van der Waals surface area contributed by atoms with Crippen molar-refractivity contribution in [3.05, 3.63) is 24.8 Å². The van der Waals surface area contributed by atoms with Gasteiger partial charge in [-0.2, -0.15) is 4.31 Å². The van der Waals surface area contributed by atoms with Gasteiger partial charge in [0.15, 0.2) is 5.78 Å². The Morgan fingerprint density at radius 1 is 1.44 bits per heavy atom. The van der Waals surface area contributed by atoms with Crippen molar-refractivity contribution >= 4 is 15.8 Å². The zero-order valence-corrected chi connectivity index (χ0v) is 10.8. The second-order valence-corrected chi connectivity index (χ2v) is 7.74. The Morgan fingerprint density at radius 2 is 2.22 bits per heavy atom. The van der Waals surface area contributed by atoms with Crippen LogP contribution in [0.1, 0.15) is 12.8 Å². The lowest BCUT2D eigenvalue weighted by molar-refractivity contribution is -0.135. The lowest BCUT2D eigenvalue weighted by Gasteiger charge is -2.45. The second kappa shape index (κ2) is 2.96. The molecule has 5 unspecified atom stereocenters. The fourth-order valence-electron chi connectivity index (χ4n) is 4.63. The summed E-state index contributed by atoms with van der Waals surface area (Å²) in [5, 5.41) is -0.456. The fourth-order valence-corrected chi connectivity index (χ4v) is 7.43. The SMILES string of the molecule is C=CC1C2C=CC3C1S(=O)(=O)N1CCCC31C2=O. The maximum absolute atomic E-state index is 12.7. The van der Waals surface area contributed by atoms with Gasteiger partial charge in [-0.25, -0.2) is 8.42 Å². The zero-order chi connectivity index (χ0) is 12.7. The summed E-state index contributed by atoms with van der Waals surface area (Å²) in [4.78, 5) is 12.7. The van der Waals surface area contributed by atoms with Crippen LogP contribution < -0.4 is 0 Å². The van der Waals surface area contributed by atoms with Gasteiger partial charge in [-0.3, -0.25) is 4.79 Å². The molecule has 2 saturated heterocycles. The molecule has 5 atom stereocenters. The molecule has 5 heteroatoms. The minimum absolute atomic E-state index is 0.106. The normalized spacial score (nSPS) is 51.7. The highest BCUT2D eigenvalue weighted by Crippen LogP contribution is 2.60. The molecule has 4 nitrogen and oxygen atoms in total. The third-order valence-corrected chi connectivity index (χ3v) is 7.66. The molecule has 2 aliphatic heterocycles. The Morgan fingerprint density at radius 3 is 2.94 bits per heavy atom. The number of ketones is 1. The van der Waals surface area contributed by atoms with E-state index in [-0.39, 0.29) is 23.5 Å². The van der Waals surface area contributed by atoms with Crippen LogP contribution in [0.15, 0.2) is 24.8 Å². The largest absolute Gasteiger partial charge is 0.297 e. The van der Waals surface area contributed by atoms with Crippen molar-refractivity contribution in [3.63, 3.8) is 0 Å². The van der Waals surface area contributed by atoms with Gasteiger partial charge in [-0.05, 0) is 12.8 Å². The summed E-state index contributed by atoms with van der Waals surface area (Å²) in [6.45, 7) is 4.25. The Kier molecular flexibility index (Phi) is 1.80. The van der Waals surface area contributed by atoms with Crippen molar-refractivity contribution in [2.75, 3.05) is 6.54 Å². The van der Waals surface area contributed by atoms with Gasteiger partial charge in [-0.15, -0.1) is 6.58 Å². The van der Waals surface area contributed by atoms with Gasteiger partial charge in [-0.1, -0.05) is 18.2 Å². The maximum Gasteiger partial charge on any atom is 0.219 e. The van der Waals surface area contributed by atoms with Crippen LogP contribution >= 0.6 is 0 Å². The number of carbonyl (C=O) groups excluding carboxylic acids is 1. The number of Topliss-reactive ketones (excluding diaryl/α,β-unsaturated/α-hetero) is 1. The summed E-state index contributed by atoms with van der Waals surface area (Å²) < 4.78 is 26.8. The van der Waals surface area contributed by atoms with E-state index < -0.39 is 20.8 Å². The van der Waals surface area contributed by atoms with Crippen molar-refractivity contribution in [2.45, 2.75) is 23.6 Å². The van der Waals surface area contributed by atoms with Gasteiger partial charge in [0.2, 0.25) is 10.0 Å².